The van der Waals surface area contributed by atoms with Crippen molar-refractivity contribution in [3.63, 3.8) is 0 Å². The van der Waals surface area contributed by atoms with Crippen LogP contribution >= 0.6 is 19.8 Å². The van der Waals surface area contributed by atoms with E-state index in [0.717, 1.165) is 16.4 Å². The van der Waals surface area contributed by atoms with Gasteiger partial charge in [-0.05, 0) is 19.8 Å². The van der Waals surface area contributed by atoms with E-state index < -0.39 is 19.8 Å². The topological polar surface area (TPSA) is 61.5 Å². The van der Waals surface area contributed by atoms with Gasteiger partial charge in [0, 0.05) is 0 Å². The Kier molecular flexibility index (Phi) is 11.2. The van der Waals surface area contributed by atoms with Crippen LogP contribution in [0.3, 0.4) is 0 Å². The average Bonchev–Trinajstić information content (AvgIpc) is 2.61. The van der Waals surface area contributed by atoms with E-state index in [1.165, 1.54) is 25.3 Å². The summed E-state index contributed by atoms with van der Waals surface area (Å²) in [6, 6.07) is 6.76. The van der Waals surface area contributed by atoms with Crippen molar-refractivity contribution in [2.45, 2.75) is 45.1 Å². The number of carbonyl (C=O) groups is 1. The second kappa shape index (κ2) is 12.6. The van der Waals surface area contributed by atoms with Crippen LogP contribution < -0.4 is 5.73 Å². The quantitative estimate of drug-likeness (QED) is 0.307. The number of esters is 1. The molecule has 0 amide bonds. The van der Waals surface area contributed by atoms with Crippen molar-refractivity contribution in [3.05, 3.63) is 33.7 Å². The molecule has 6 heteroatoms. The third-order valence-electron chi connectivity index (χ3n) is 3.69. The normalized spacial score (nSPS) is 15.2. The molecule has 0 unspecified atom stereocenters. The van der Waals surface area contributed by atoms with E-state index in [9.17, 15) is 9.18 Å². The van der Waals surface area contributed by atoms with Gasteiger partial charge in [0.15, 0.2) is 0 Å². The minimum absolute atomic E-state index is 0.124. The molecule has 1 saturated carbocycles. The van der Waals surface area contributed by atoms with Crippen LogP contribution in [0.15, 0.2) is 24.3 Å². The molecule has 0 atom stereocenters. The monoisotopic (exact) mass is 453 g/mol. The number of hydrogen-bond acceptors (Lipinski definition) is 4. The molecule has 0 saturated heterocycles. The van der Waals surface area contributed by atoms with Crippen molar-refractivity contribution in [2.24, 2.45) is 5.73 Å². The second-order valence-corrected chi connectivity index (χ2v) is 11.1. The number of rotatable bonds is 6. The number of hydrogen-bond donors (Lipinski definition) is 1. The Balaban J connectivity index is 0.000000243. The summed E-state index contributed by atoms with van der Waals surface area (Å²) in [6.45, 7) is 2.36. The summed E-state index contributed by atoms with van der Waals surface area (Å²) >= 11 is -1.19. The SMILES string of the molecule is CCOC(=O)COC1CCCCC1.CI(CN)c1cccc(F)c1. The molecule has 1 aromatic rings. The molecule has 24 heavy (non-hydrogen) atoms. The molecule has 0 spiro atoms. The second-order valence-electron chi connectivity index (χ2n) is 5.56. The summed E-state index contributed by atoms with van der Waals surface area (Å²) in [5.41, 5.74) is 5.50. The van der Waals surface area contributed by atoms with Crippen LogP contribution in [0.5, 0.6) is 0 Å². The zero-order valence-electron chi connectivity index (χ0n) is 14.6. The Bertz CT molecular complexity index is 481. The Morgan fingerprint density at radius 3 is 2.62 bits per heavy atom. The first kappa shape index (κ1) is 21.3. The number of alkyl halides is 2. The molecule has 0 radical (unpaired) electrons. The number of nitrogens with two attached hydrogens (primary N) is 1. The number of halogens is 2. The summed E-state index contributed by atoms with van der Waals surface area (Å²) in [5, 5.41) is 0. The molecule has 138 valence electrons. The van der Waals surface area contributed by atoms with E-state index in [4.69, 9.17) is 15.2 Å². The number of carbonyl (C=O) groups excluding carboxylic acids is 1. The summed E-state index contributed by atoms with van der Waals surface area (Å²) in [6.07, 6.45) is 6.25. The molecular weight excluding hydrogens is 424 g/mol. The summed E-state index contributed by atoms with van der Waals surface area (Å²) in [7, 11) is 0. The fourth-order valence-electron chi connectivity index (χ4n) is 2.37. The van der Waals surface area contributed by atoms with Crippen LogP contribution in [0.1, 0.15) is 39.0 Å². The van der Waals surface area contributed by atoms with Gasteiger partial charge in [-0.2, -0.15) is 0 Å². The minimum atomic E-state index is -1.19. The maximum absolute atomic E-state index is 12.6. The predicted octanol–water partition coefficient (Wildman–Crippen LogP) is 3.95. The van der Waals surface area contributed by atoms with Crippen LogP contribution in [0.4, 0.5) is 4.39 Å². The van der Waals surface area contributed by atoms with Crippen molar-refractivity contribution in [1.82, 2.24) is 0 Å². The van der Waals surface area contributed by atoms with Crippen LogP contribution in [0, 0.1) is 9.39 Å². The fourth-order valence-corrected chi connectivity index (χ4v) is 4.53. The Morgan fingerprint density at radius 2 is 2.04 bits per heavy atom. The van der Waals surface area contributed by atoms with Crippen molar-refractivity contribution in [3.8, 4) is 0 Å². The summed E-state index contributed by atoms with van der Waals surface area (Å²) in [4.78, 5) is 13.1. The average molecular weight is 453 g/mol. The molecule has 0 bridgehead atoms. The zero-order valence-corrected chi connectivity index (χ0v) is 16.8. The fraction of sp³-hybridized carbons (Fsp3) is 0.611. The molecule has 0 aromatic heterocycles. The first-order chi connectivity index (χ1) is 11.6. The van der Waals surface area contributed by atoms with E-state index in [1.807, 2.05) is 6.07 Å². The predicted molar refractivity (Wildman–Crippen MR) is 104 cm³/mol. The molecule has 1 aromatic carbocycles. The van der Waals surface area contributed by atoms with Crippen LogP contribution in [0.25, 0.3) is 0 Å². The molecular formula is C18H29FINO3. The Morgan fingerprint density at radius 1 is 1.33 bits per heavy atom. The van der Waals surface area contributed by atoms with Gasteiger partial charge in [0.2, 0.25) is 0 Å². The van der Waals surface area contributed by atoms with Gasteiger partial charge in [0.25, 0.3) is 0 Å². The first-order valence-electron chi connectivity index (χ1n) is 8.35. The molecule has 2 N–H and O–H groups in total. The van der Waals surface area contributed by atoms with E-state index in [1.54, 1.807) is 19.1 Å². The maximum atomic E-state index is 12.6. The van der Waals surface area contributed by atoms with Crippen molar-refractivity contribution >= 4 is 25.8 Å². The number of benzene rings is 1. The van der Waals surface area contributed by atoms with Crippen molar-refractivity contribution in [1.29, 1.82) is 0 Å². The van der Waals surface area contributed by atoms with Gasteiger partial charge in [-0.15, -0.1) is 0 Å². The van der Waals surface area contributed by atoms with Gasteiger partial charge in [0.05, 0.1) is 12.7 Å². The van der Waals surface area contributed by atoms with Crippen molar-refractivity contribution in [2.75, 3.05) is 22.7 Å². The molecule has 1 fully saturated rings. The van der Waals surface area contributed by atoms with Crippen LogP contribution in [-0.2, 0) is 14.3 Å². The van der Waals surface area contributed by atoms with Crippen molar-refractivity contribution < 1.29 is 18.7 Å². The molecule has 1 aliphatic carbocycles. The standard InChI is InChI=1S/C10H18O3.C8H11FIN/c1-2-12-10(11)8-13-9-6-4-3-5-7-9;1-10(6-11)8-4-2-3-7(9)5-8/h9H,2-8H2,1H3;2-5H,6,11H2,1H3. The molecule has 0 aliphatic heterocycles. The van der Waals surface area contributed by atoms with Crippen LogP contribution in [-0.4, -0.2) is 34.8 Å². The van der Waals surface area contributed by atoms with Gasteiger partial charge in [-0.3, -0.25) is 0 Å². The molecule has 2 rings (SSSR count). The third-order valence-corrected chi connectivity index (χ3v) is 7.80. The van der Waals surface area contributed by atoms with E-state index >= 15 is 0 Å². The third kappa shape index (κ3) is 8.94. The van der Waals surface area contributed by atoms with Crippen LogP contribution in [0.2, 0.25) is 0 Å². The van der Waals surface area contributed by atoms with E-state index in [0.29, 0.717) is 11.2 Å². The zero-order chi connectivity index (χ0) is 17.8. The Hall–Kier alpha value is -0.730. The van der Waals surface area contributed by atoms with Gasteiger partial charge < -0.3 is 9.47 Å². The van der Waals surface area contributed by atoms with Gasteiger partial charge in [-0.25, -0.2) is 4.79 Å². The molecule has 0 heterocycles. The summed E-state index contributed by atoms with van der Waals surface area (Å²) in [5.74, 6) is -0.395. The first-order valence-corrected chi connectivity index (χ1v) is 13.1. The van der Waals surface area contributed by atoms with Gasteiger partial charge in [-0.1, -0.05) is 19.3 Å². The van der Waals surface area contributed by atoms with Gasteiger partial charge in [0.1, 0.15) is 6.61 Å². The Labute approximate surface area is 151 Å². The summed E-state index contributed by atoms with van der Waals surface area (Å²) < 4.78 is 24.7. The molecule has 1 aliphatic rings. The van der Waals surface area contributed by atoms with E-state index in [-0.39, 0.29) is 24.5 Å². The van der Waals surface area contributed by atoms with E-state index in [2.05, 4.69) is 4.93 Å². The molecule has 4 nitrogen and oxygen atoms in total. The van der Waals surface area contributed by atoms with Gasteiger partial charge >= 0.3 is 79.0 Å². The number of ether oxygens (including phenoxy) is 2.